The van der Waals surface area contributed by atoms with E-state index in [4.69, 9.17) is 4.74 Å². The molecule has 0 aliphatic carbocycles. The molecule has 3 aliphatic heterocycles. The van der Waals surface area contributed by atoms with Crippen LogP contribution in [0.5, 0.6) is 5.75 Å². The van der Waals surface area contributed by atoms with Crippen LogP contribution in [0.3, 0.4) is 0 Å². The van der Waals surface area contributed by atoms with Gasteiger partial charge in [0.1, 0.15) is 23.4 Å². The number of carbonyl (C=O) groups excluding carboxylic acids is 5. The predicted molar refractivity (Wildman–Crippen MR) is 204 cm³/mol. The smallest absolute Gasteiger partial charge is 0.419 e. The Labute approximate surface area is 329 Å². The minimum Gasteiger partial charge on any atom is -0.494 e. The molecule has 58 heavy (non-hydrogen) atoms. The number of nitrogens with zero attached hydrogens (tertiary/aromatic N) is 3. The van der Waals surface area contributed by atoms with Crippen LogP contribution >= 0.6 is 0 Å². The molecule has 302 valence electrons. The SMILES string of the molecule is CNC(=O)c1ccccc1Nc1cc(Nc2ccc(N3CCC(NCc4ccc5c(c4F)C(=O)N(C4CCC(=O)NC4=O)C5=O)CC3)cc2OC)ncc1C(F)(F)F. The average Bonchev–Trinajstić information content (AvgIpc) is 3.46. The van der Waals surface area contributed by atoms with Gasteiger partial charge in [0, 0.05) is 68.7 Å². The number of carbonyl (C=O) groups is 5. The molecule has 5 N–H and O–H groups in total. The van der Waals surface area contributed by atoms with Gasteiger partial charge in [-0.3, -0.25) is 34.2 Å². The molecule has 2 saturated heterocycles. The second kappa shape index (κ2) is 16.1. The van der Waals surface area contributed by atoms with E-state index in [0.717, 1.165) is 10.6 Å². The number of pyridine rings is 1. The number of amides is 5. The van der Waals surface area contributed by atoms with E-state index in [1.54, 1.807) is 24.3 Å². The molecule has 14 nitrogen and oxygen atoms in total. The van der Waals surface area contributed by atoms with E-state index in [1.165, 1.54) is 44.5 Å². The summed E-state index contributed by atoms with van der Waals surface area (Å²) >= 11 is 0. The van der Waals surface area contributed by atoms with Crippen LogP contribution in [0, 0.1) is 5.82 Å². The van der Waals surface area contributed by atoms with E-state index in [-0.39, 0.29) is 64.9 Å². The third kappa shape index (κ3) is 7.87. The van der Waals surface area contributed by atoms with Gasteiger partial charge in [0.25, 0.3) is 17.7 Å². The molecule has 1 unspecified atom stereocenters. The Hall–Kier alpha value is -6.56. The Morgan fingerprint density at radius 2 is 1.69 bits per heavy atom. The van der Waals surface area contributed by atoms with Gasteiger partial charge in [-0.2, -0.15) is 13.2 Å². The van der Waals surface area contributed by atoms with Gasteiger partial charge < -0.3 is 30.9 Å². The number of para-hydroxylation sites is 1. The van der Waals surface area contributed by atoms with E-state index < -0.39 is 53.1 Å². The summed E-state index contributed by atoms with van der Waals surface area (Å²) < 4.78 is 63.4. The van der Waals surface area contributed by atoms with Crippen molar-refractivity contribution in [2.45, 2.75) is 50.5 Å². The maximum atomic E-state index is 15.7. The first-order chi connectivity index (χ1) is 27.8. The van der Waals surface area contributed by atoms with Crippen LogP contribution in [0.4, 0.5) is 46.1 Å². The summed E-state index contributed by atoms with van der Waals surface area (Å²) in [6.07, 6.45) is -2.73. The fourth-order valence-corrected chi connectivity index (χ4v) is 7.33. The van der Waals surface area contributed by atoms with Gasteiger partial charge in [-0.05, 0) is 49.6 Å². The molecule has 2 fully saturated rings. The number of rotatable bonds is 11. The molecule has 4 heterocycles. The number of piperidine rings is 2. The Morgan fingerprint density at radius 3 is 2.40 bits per heavy atom. The highest BCUT2D eigenvalue weighted by Crippen LogP contribution is 2.39. The lowest BCUT2D eigenvalue weighted by atomic mass is 10.0. The summed E-state index contributed by atoms with van der Waals surface area (Å²) in [6.45, 7) is 1.34. The molecule has 7 rings (SSSR count). The molecular formula is C40H38F4N8O6. The van der Waals surface area contributed by atoms with Crippen LogP contribution in [0.25, 0.3) is 0 Å². The summed E-state index contributed by atoms with van der Waals surface area (Å²) in [5.74, 6) is -3.75. The Bertz CT molecular complexity index is 2310. The number of ether oxygens (including phenoxy) is 1. The third-order valence-electron chi connectivity index (χ3n) is 10.4. The second-order valence-corrected chi connectivity index (χ2v) is 13.9. The number of methoxy groups -OCH3 is 1. The number of anilines is 5. The number of aromatic nitrogens is 1. The van der Waals surface area contributed by atoms with Gasteiger partial charge in [0.2, 0.25) is 11.8 Å². The lowest BCUT2D eigenvalue weighted by Crippen LogP contribution is -2.54. The highest BCUT2D eigenvalue weighted by atomic mass is 19.4. The van der Waals surface area contributed by atoms with Crippen LogP contribution in [0.1, 0.15) is 67.9 Å². The normalized spacial score (nSPS) is 17.2. The van der Waals surface area contributed by atoms with Crippen molar-refractivity contribution in [2.75, 3.05) is 42.8 Å². The molecule has 18 heteroatoms. The zero-order chi connectivity index (χ0) is 41.3. The zero-order valence-corrected chi connectivity index (χ0v) is 31.3. The van der Waals surface area contributed by atoms with E-state index in [1.807, 2.05) is 6.07 Å². The number of halogens is 4. The van der Waals surface area contributed by atoms with Crippen molar-refractivity contribution in [3.05, 3.63) is 100 Å². The Morgan fingerprint density at radius 1 is 0.931 bits per heavy atom. The van der Waals surface area contributed by atoms with Gasteiger partial charge in [-0.15, -0.1) is 0 Å². The van der Waals surface area contributed by atoms with Crippen LogP contribution < -0.4 is 36.2 Å². The molecule has 4 aromatic rings. The Balaban J connectivity index is 0.987. The van der Waals surface area contributed by atoms with Crippen molar-refractivity contribution >= 4 is 58.1 Å². The molecule has 5 amide bonds. The van der Waals surface area contributed by atoms with Crippen molar-refractivity contribution in [3.63, 3.8) is 0 Å². The summed E-state index contributed by atoms with van der Waals surface area (Å²) in [6, 6.07) is 14.4. The van der Waals surface area contributed by atoms with E-state index in [0.29, 0.717) is 43.6 Å². The molecule has 0 radical (unpaired) electrons. The predicted octanol–water partition coefficient (Wildman–Crippen LogP) is 5.25. The summed E-state index contributed by atoms with van der Waals surface area (Å²) in [4.78, 5) is 69.4. The first-order valence-electron chi connectivity index (χ1n) is 18.4. The minimum absolute atomic E-state index is 0.000847. The molecule has 0 spiro atoms. The number of nitrogens with one attached hydrogen (secondary N) is 5. The molecule has 1 atom stereocenters. The zero-order valence-electron chi connectivity index (χ0n) is 31.3. The minimum atomic E-state index is -4.73. The first-order valence-corrected chi connectivity index (χ1v) is 18.4. The molecule has 1 aromatic heterocycles. The van der Waals surface area contributed by atoms with Crippen LogP contribution in [0.2, 0.25) is 0 Å². The number of hydrogen-bond acceptors (Lipinski definition) is 11. The maximum absolute atomic E-state index is 15.7. The highest BCUT2D eigenvalue weighted by molar-refractivity contribution is 6.23. The fourth-order valence-electron chi connectivity index (χ4n) is 7.33. The van der Waals surface area contributed by atoms with E-state index >= 15 is 4.39 Å². The number of imide groups is 2. The number of alkyl halides is 3. The summed E-state index contributed by atoms with van der Waals surface area (Å²) in [5.41, 5.74) is -0.0300. The van der Waals surface area contributed by atoms with Gasteiger partial charge in [0.05, 0.1) is 46.4 Å². The summed E-state index contributed by atoms with van der Waals surface area (Å²) in [5, 5.41) is 13.7. The molecule has 3 aliphatic rings. The fraction of sp³-hybridized carbons (Fsp3) is 0.300. The van der Waals surface area contributed by atoms with Gasteiger partial charge in [0.15, 0.2) is 0 Å². The van der Waals surface area contributed by atoms with Gasteiger partial charge in [-0.25, -0.2) is 9.37 Å². The highest BCUT2D eigenvalue weighted by Gasteiger charge is 2.46. The van der Waals surface area contributed by atoms with Gasteiger partial charge in [-0.1, -0.05) is 18.2 Å². The lowest BCUT2D eigenvalue weighted by Gasteiger charge is -2.34. The van der Waals surface area contributed by atoms with Crippen LogP contribution in [-0.2, 0) is 22.3 Å². The van der Waals surface area contributed by atoms with E-state index in [2.05, 4.69) is 36.5 Å². The molecule has 3 aromatic carbocycles. The molecule has 0 bridgehead atoms. The largest absolute Gasteiger partial charge is 0.494 e. The van der Waals surface area contributed by atoms with Crippen LogP contribution in [0.15, 0.2) is 66.9 Å². The quantitative estimate of drug-likeness (QED) is 0.0990. The third-order valence-corrected chi connectivity index (χ3v) is 10.4. The standard InChI is InChI=1S/C40H38F4N8O6/c1-45-36(54)24-5-3-4-6-27(24)48-29-18-32(47-20-26(29)40(42,43)44)49-28-10-8-23(17-31(28)58-2)51-15-13-22(14-16-51)46-19-21-7-9-25-34(35(21)41)39(57)52(38(25)56)30-11-12-33(53)50-37(30)55/h3-10,17-18,20,22,30,46H,11-16,19H2,1-2H3,(H,45,54)(H2,47,48,49)(H,50,53,55). The Kier molecular flexibility index (Phi) is 11.0. The summed E-state index contributed by atoms with van der Waals surface area (Å²) in [7, 11) is 2.89. The average molecular weight is 803 g/mol. The topological polar surface area (TPSA) is 174 Å². The van der Waals surface area contributed by atoms with Gasteiger partial charge >= 0.3 is 6.18 Å². The monoisotopic (exact) mass is 802 g/mol. The van der Waals surface area contributed by atoms with Crippen molar-refractivity contribution in [3.8, 4) is 5.75 Å². The molecular weight excluding hydrogens is 764 g/mol. The van der Waals surface area contributed by atoms with Crippen LogP contribution in [-0.4, -0.2) is 78.8 Å². The number of fused-ring (bicyclic) bond motifs is 1. The lowest BCUT2D eigenvalue weighted by molar-refractivity contribution is -0.137. The first kappa shape index (κ1) is 39.7. The maximum Gasteiger partial charge on any atom is 0.419 e. The van der Waals surface area contributed by atoms with E-state index in [9.17, 15) is 37.1 Å². The number of hydrogen-bond donors (Lipinski definition) is 5. The molecule has 0 saturated carbocycles. The number of benzene rings is 3. The van der Waals surface area contributed by atoms with Crippen molar-refractivity contribution in [1.82, 2.24) is 25.8 Å². The van der Waals surface area contributed by atoms with Crippen molar-refractivity contribution < 1.29 is 46.3 Å². The van der Waals surface area contributed by atoms with Crippen molar-refractivity contribution in [1.29, 1.82) is 0 Å². The van der Waals surface area contributed by atoms with Crippen molar-refractivity contribution in [2.24, 2.45) is 0 Å². The second-order valence-electron chi connectivity index (χ2n) is 13.9.